The summed E-state index contributed by atoms with van der Waals surface area (Å²) in [4.78, 5) is 37.3. The number of hydrogen-bond acceptors (Lipinski definition) is 5. The summed E-state index contributed by atoms with van der Waals surface area (Å²) < 4.78 is 20.2. The van der Waals surface area contributed by atoms with Crippen LogP contribution < -0.4 is 16.6 Å². The van der Waals surface area contributed by atoms with Crippen molar-refractivity contribution in [1.82, 2.24) is 13.5 Å². The second-order valence-electron chi connectivity index (χ2n) is 5.91. The standard InChI is InChI=1S/C17H17FN4O3S/c1-3-6-21-16(24)15-13(9-26-20-15)22(17(21)25)8-14(23)19-12-5-4-10(2)7-11(12)18/h4-5,7,9H,3,6,8H2,1-2H3,(H,19,23). The summed E-state index contributed by atoms with van der Waals surface area (Å²) in [7, 11) is 0. The number of rotatable bonds is 5. The lowest BCUT2D eigenvalue weighted by Crippen LogP contribution is -2.41. The molecule has 2 aromatic heterocycles. The summed E-state index contributed by atoms with van der Waals surface area (Å²) >= 11 is 1.04. The van der Waals surface area contributed by atoms with Gasteiger partial charge < -0.3 is 5.32 Å². The van der Waals surface area contributed by atoms with Gasteiger partial charge in [0, 0.05) is 11.9 Å². The minimum Gasteiger partial charge on any atom is -0.322 e. The Morgan fingerprint density at radius 3 is 2.77 bits per heavy atom. The lowest BCUT2D eigenvalue weighted by molar-refractivity contribution is -0.116. The van der Waals surface area contributed by atoms with Crippen molar-refractivity contribution in [2.45, 2.75) is 33.4 Å². The van der Waals surface area contributed by atoms with Crippen LogP contribution in [0.3, 0.4) is 0 Å². The van der Waals surface area contributed by atoms with E-state index in [9.17, 15) is 18.8 Å². The molecule has 0 unspecified atom stereocenters. The van der Waals surface area contributed by atoms with Crippen molar-refractivity contribution < 1.29 is 9.18 Å². The first-order valence-corrected chi connectivity index (χ1v) is 8.89. The molecule has 7 nitrogen and oxygen atoms in total. The normalized spacial score (nSPS) is 11.0. The Kier molecular flexibility index (Phi) is 4.99. The Labute approximate surface area is 151 Å². The number of carbonyl (C=O) groups is 1. The molecule has 0 radical (unpaired) electrons. The van der Waals surface area contributed by atoms with E-state index in [0.29, 0.717) is 11.9 Å². The number of aromatic nitrogens is 3. The van der Waals surface area contributed by atoms with E-state index in [0.717, 1.165) is 21.7 Å². The van der Waals surface area contributed by atoms with Crippen LogP contribution >= 0.6 is 11.5 Å². The zero-order chi connectivity index (χ0) is 18.8. The second-order valence-corrected chi connectivity index (χ2v) is 6.53. The van der Waals surface area contributed by atoms with Crippen molar-refractivity contribution >= 4 is 34.2 Å². The van der Waals surface area contributed by atoms with Crippen LogP contribution in [0.25, 0.3) is 11.0 Å². The molecule has 0 fully saturated rings. The van der Waals surface area contributed by atoms with Crippen LogP contribution in [0.1, 0.15) is 18.9 Å². The molecule has 3 aromatic rings. The molecule has 9 heteroatoms. The molecule has 1 amide bonds. The van der Waals surface area contributed by atoms with Crippen molar-refractivity contribution in [1.29, 1.82) is 0 Å². The zero-order valence-corrected chi connectivity index (χ0v) is 15.1. The molecule has 0 spiro atoms. The Balaban J connectivity index is 1.98. The summed E-state index contributed by atoms with van der Waals surface area (Å²) in [6.07, 6.45) is 0.589. The van der Waals surface area contributed by atoms with E-state index in [1.807, 2.05) is 6.92 Å². The maximum atomic E-state index is 13.9. The molecular weight excluding hydrogens is 359 g/mol. The number of nitrogens with one attached hydrogen (secondary N) is 1. The van der Waals surface area contributed by atoms with E-state index in [4.69, 9.17) is 0 Å². The molecule has 0 atom stereocenters. The molecular formula is C17H17FN4O3S. The van der Waals surface area contributed by atoms with Gasteiger partial charge in [0.2, 0.25) is 5.91 Å². The fourth-order valence-corrected chi connectivity index (χ4v) is 3.33. The molecule has 2 heterocycles. The smallest absolute Gasteiger partial charge is 0.322 e. The first-order chi connectivity index (χ1) is 12.4. The van der Waals surface area contributed by atoms with Crippen LogP contribution in [0.15, 0.2) is 33.2 Å². The summed E-state index contributed by atoms with van der Waals surface area (Å²) in [5.41, 5.74) is 0.178. The molecule has 0 saturated heterocycles. The minimum absolute atomic E-state index is 0.0372. The van der Waals surface area contributed by atoms with Gasteiger partial charge in [-0.1, -0.05) is 13.0 Å². The molecule has 1 N–H and O–H groups in total. The highest BCUT2D eigenvalue weighted by Gasteiger charge is 2.17. The van der Waals surface area contributed by atoms with Crippen LogP contribution in [-0.2, 0) is 17.9 Å². The topological polar surface area (TPSA) is 86.0 Å². The number of nitrogens with zero attached hydrogens (tertiary/aromatic N) is 3. The van der Waals surface area contributed by atoms with Crippen LogP contribution in [0.2, 0.25) is 0 Å². The number of amides is 1. The van der Waals surface area contributed by atoms with Gasteiger partial charge in [0.25, 0.3) is 5.56 Å². The van der Waals surface area contributed by atoms with Gasteiger partial charge in [-0.15, -0.1) is 0 Å². The molecule has 0 aliphatic heterocycles. The highest BCUT2D eigenvalue weighted by molar-refractivity contribution is 7.04. The number of aryl methyl sites for hydroxylation is 1. The molecule has 0 bridgehead atoms. The maximum absolute atomic E-state index is 13.9. The Hall–Kier alpha value is -2.81. The zero-order valence-electron chi connectivity index (χ0n) is 14.3. The third-order valence-corrected chi connectivity index (χ3v) is 4.52. The van der Waals surface area contributed by atoms with Gasteiger partial charge in [-0.25, -0.2) is 9.18 Å². The maximum Gasteiger partial charge on any atom is 0.332 e. The lowest BCUT2D eigenvalue weighted by atomic mass is 10.2. The van der Waals surface area contributed by atoms with Gasteiger partial charge in [-0.3, -0.25) is 18.7 Å². The second kappa shape index (κ2) is 7.20. The van der Waals surface area contributed by atoms with Gasteiger partial charge in [-0.05, 0) is 42.6 Å². The van der Waals surface area contributed by atoms with Gasteiger partial charge >= 0.3 is 5.69 Å². The number of halogens is 1. The number of carbonyl (C=O) groups excluding carboxylic acids is 1. The molecule has 136 valence electrons. The Bertz CT molecular complexity index is 1100. The monoisotopic (exact) mass is 376 g/mol. The van der Waals surface area contributed by atoms with Crippen molar-refractivity contribution in [2.75, 3.05) is 5.32 Å². The lowest BCUT2D eigenvalue weighted by Gasteiger charge is -2.12. The quantitative estimate of drug-likeness (QED) is 0.739. The number of fused-ring (bicyclic) bond motifs is 1. The summed E-state index contributed by atoms with van der Waals surface area (Å²) in [6, 6.07) is 4.45. The Morgan fingerprint density at radius 2 is 2.08 bits per heavy atom. The number of anilines is 1. The molecule has 0 saturated carbocycles. The van der Waals surface area contributed by atoms with Gasteiger partial charge in [-0.2, -0.15) is 4.37 Å². The van der Waals surface area contributed by atoms with Gasteiger partial charge in [0.05, 0.1) is 11.2 Å². The van der Waals surface area contributed by atoms with Crippen LogP contribution in [0, 0.1) is 12.7 Å². The highest BCUT2D eigenvalue weighted by atomic mass is 32.1. The molecule has 0 aliphatic carbocycles. The molecule has 0 aliphatic rings. The predicted molar refractivity (Wildman–Crippen MR) is 98.2 cm³/mol. The fourth-order valence-electron chi connectivity index (χ4n) is 2.66. The fraction of sp³-hybridized carbons (Fsp3) is 0.294. The third-order valence-electron chi connectivity index (χ3n) is 3.90. The van der Waals surface area contributed by atoms with Crippen LogP contribution in [0.5, 0.6) is 0 Å². The molecule has 26 heavy (non-hydrogen) atoms. The minimum atomic E-state index is -0.580. The van der Waals surface area contributed by atoms with E-state index in [-0.39, 0.29) is 24.3 Å². The van der Waals surface area contributed by atoms with E-state index in [1.165, 1.54) is 16.7 Å². The van der Waals surface area contributed by atoms with Gasteiger partial charge in [0.1, 0.15) is 12.4 Å². The third kappa shape index (κ3) is 3.30. The van der Waals surface area contributed by atoms with Crippen molar-refractivity contribution in [3.63, 3.8) is 0 Å². The average molecular weight is 376 g/mol. The first-order valence-electron chi connectivity index (χ1n) is 8.06. The van der Waals surface area contributed by atoms with Crippen LogP contribution in [-0.4, -0.2) is 19.4 Å². The number of hydrogen-bond donors (Lipinski definition) is 1. The van der Waals surface area contributed by atoms with Crippen LogP contribution in [0.4, 0.5) is 10.1 Å². The van der Waals surface area contributed by atoms with E-state index in [1.54, 1.807) is 18.4 Å². The van der Waals surface area contributed by atoms with E-state index >= 15 is 0 Å². The predicted octanol–water partition coefficient (Wildman–Crippen LogP) is 2.12. The van der Waals surface area contributed by atoms with Crippen molar-refractivity contribution in [2.24, 2.45) is 0 Å². The summed E-state index contributed by atoms with van der Waals surface area (Å²) in [5, 5.41) is 4.01. The highest BCUT2D eigenvalue weighted by Crippen LogP contribution is 2.15. The summed E-state index contributed by atoms with van der Waals surface area (Å²) in [6.45, 7) is 3.48. The average Bonchev–Trinajstić information content (AvgIpc) is 3.08. The van der Waals surface area contributed by atoms with Crippen molar-refractivity contribution in [3.8, 4) is 0 Å². The molecule has 1 aromatic carbocycles. The largest absolute Gasteiger partial charge is 0.332 e. The SMILES string of the molecule is CCCn1c(=O)c2nscc2n(CC(=O)Nc2ccc(C)cc2F)c1=O. The first kappa shape index (κ1) is 18.0. The van der Waals surface area contributed by atoms with E-state index in [2.05, 4.69) is 9.69 Å². The summed E-state index contributed by atoms with van der Waals surface area (Å²) in [5.74, 6) is -1.12. The molecule has 3 rings (SSSR count). The van der Waals surface area contributed by atoms with E-state index < -0.39 is 23.0 Å². The Morgan fingerprint density at radius 1 is 1.31 bits per heavy atom. The van der Waals surface area contributed by atoms with Crippen molar-refractivity contribution in [3.05, 3.63) is 55.8 Å². The number of benzene rings is 1. The van der Waals surface area contributed by atoms with Gasteiger partial charge in [0.15, 0.2) is 5.52 Å².